The fourth-order valence-electron chi connectivity index (χ4n) is 1.53. The minimum Gasteiger partial charge on any atom is -0.468 e. The van der Waals surface area contributed by atoms with E-state index in [1.165, 1.54) is 19.2 Å². The third-order valence-electron chi connectivity index (χ3n) is 2.44. The molecule has 0 N–H and O–H groups in total. The molecule has 0 aliphatic heterocycles. The van der Waals surface area contributed by atoms with Gasteiger partial charge in [0.15, 0.2) is 5.92 Å². The van der Waals surface area contributed by atoms with Crippen LogP contribution in [0.25, 0.3) is 0 Å². The van der Waals surface area contributed by atoms with E-state index >= 15 is 0 Å². The van der Waals surface area contributed by atoms with Crippen LogP contribution in [0.2, 0.25) is 0 Å². The normalized spacial score (nSPS) is 12.2. The molecule has 1 atom stereocenters. The van der Waals surface area contributed by atoms with Crippen molar-refractivity contribution in [1.29, 1.82) is 5.26 Å². The maximum absolute atomic E-state index is 11.8. The second-order valence-electron chi connectivity index (χ2n) is 5.21. The van der Waals surface area contributed by atoms with Crippen molar-refractivity contribution in [1.82, 2.24) is 0 Å². The van der Waals surface area contributed by atoms with Crippen molar-refractivity contribution in [3.8, 4) is 6.07 Å². The monoisotopic (exact) mass is 275 g/mol. The van der Waals surface area contributed by atoms with Gasteiger partial charge in [0.1, 0.15) is 5.60 Å². The summed E-state index contributed by atoms with van der Waals surface area (Å²) in [5, 5.41) is 8.97. The maximum atomic E-state index is 11.8. The first-order chi connectivity index (χ1) is 9.28. The van der Waals surface area contributed by atoms with Crippen LogP contribution in [0.3, 0.4) is 0 Å². The molecule has 0 aromatic heterocycles. The van der Waals surface area contributed by atoms with Crippen LogP contribution < -0.4 is 0 Å². The Morgan fingerprint density at radius 1 is 1.20 bits per heavy atom. The van der Waals surface area contributed by atoms with E-state index in [-0.39, 0.29) is 0 Å². The number of hydrogen-bond acceptors (Lipinski definition) is 5. The van der Waals surface area contributed by atoms with Crippen LogP contribution in [0.4, 0.5) is 0 Å². The molecule has 20 heavy (non-hydrogen) atoms. The van der Waals surface area contributed by atoms with Gasteiger partial charge in [0, 0.05) is 0 Å². The van der Waals surface area contributed by atoms with Crippen molar-refractivity contribution in [2.75, 3.05) is 7.11 Å². The molecule has 0 amide bonds. The first-order valence-electron chi connectivity index (χ1n) is 6.09. The van der Waals surface area contributed by atoms with Gasteiger partial charge in [-0.15, -0.1) is 0 Å². The van der Waals surface area contributed by atoms with E-state index in [0.29, 0.717) is 11.1 Å². The summed E-state index contributed by atoms with van der Waals surface area (Å²) in [7, 11) is 1.22. The van der Waals surface area contributed by atoms with E-state index in [2.05, 4.69) is 4.74 Å². The van der Waals surface area contributed by atoms with Crippen molar-refractivity contribution in [3.05, 3.63) is 35.4 Å². The van der Waals surface area contributed by atoms with E-state index in [0.717, 1.165) is 0 Å². The standard InChI is InChI=1S/C15H17NO4/c1-15(2,3)20-13(17)11-7-5-10(6-8-11)12(9-16)14(18)19-4/h5-8,12H,1-4H3. The summed E-state index contributed by atoms with van der Waals surface area (Å²) in [5.74, 6) is -2.07. The zero-order valence-corrected chi connectivity index (χ0v) is 12.0. The number of methoxy groups -OCH3 is 1. The number of hydrogen-bond donors (Lipinski definition) is 0. The van der Waals surface area contributed by atoms with Gasteiger partial charge < -0.3 is 9.47 Å². The molecule has 0 spiro atoms. The number of nitriles is 1. The van der Waals surface area contributed by atoms with Crippen LogP contribution in [-0.4, -0.2) is 24.6 Å². The lowest BCUT2D eigenvalue weighted by Crippen LogP contribution is -2.23. The second kappa shape index (κ2) is 6.20. The summed E-state index contributed by atoms with van der Waals surface area (Å²) in [4.78, 5) is 23.2. The summed E-state index contributed by atoms with van der Waals surface area (Å²) in [5.41, 5.74) is 0.272. The predicted molar refractivity (Wildman–Crippen MR) is 72.0 cm³/mol. The summed E-state index contributed by atoms with van der Waals surface area (Å²) in [6, 6.07) is 8.01. The van der Waals surface area contributed by atoms with E-state index in [1.54, 1.807) is 32.9 Å². The molecule has 0 aliphatic rings. The highest BCUT2D eigenvalue weighted by Gasteiger charge is 2.22. The fraction of sp³-hybridized carbons (Fsp3) is 0.400. The Kier molecular flexibility index (Phi) is 4.87. The second-order valence-corrected chi connectivity index (χ2v) is 5.21. The van der Waals surface area contributed by atoms with Crippen molar-refractivity contribution >= 4 is 11.9 Å². The largest absolute Gasteiger partial charge is 0.468 e. The number of carbonyl (C=O) groups is 2. The number of carbonyl (C=O) groups excluding carboxylic acids is 2. The number of esters is 2. The van der Waals surface area contributed by atoms with E-state index in [1.807, 2.05) is 6.07 Å². The van der Waals surface area contributed by atoms with Gasteiger partial charge >= 0.3 is 11.9 Å². The number of ether oxygens (including phenoxy) is 2. The van der Waals surface area contributed by atoms with E-state index in [9.17, 15) is 9.59 Å². The lowest BCUT2D eigenvalue weighted by Gasteiger charge is -2.19. The lowest BCUT2D eigenvalue weighted by molar-refractivity contribution is -0.141. The molecule has 106 valence electrons. The van der Waals surface area contributed by atoms with Gasteiger partial charge in [0.25, 0.3) is 0 Å². The Labute approximate surface area is 118 Å². The van der Waals surface area contributed by atoms with Gasteiger partial charge in [-0.2, -0.15) is 5.26 Å². The molecule has 5 nitrogen and oxygen atoms in total. The van der Waals surface area contributed by atoms with Gasteiger partial charge in [-0.1, -0.05) is 12.1 Å². The topological polar surface area (TPSA) is 76.4 Å². The van der Waals surface area contributed by atoms with Crippen LogP contribution in [0.1, 0.15) is 42.6 Å². The molecule has 0 bridgehead atoms. The molecule has 0 aliphatic carbocycles. The zero-order valence-electron chi connectivity index (χ0n) is 12.0. The number of nitrogens with zero attached hydrogens (tertiary/aromatic N) is 1. The van der Waals surface area contributed by atoms with Crippen LogP contribution in [-0.2, 0) is 14.3 Å². The smallest absolute Gasteiger partial charge is 0.338 e. The average Bonchev–Trinajstić information content (AvgIpc) is 2.38. The first-order valence-corrected chi connectivity index (χ1v) is 6.09. The van der Waals surface area contributed by atoms with Crippen molar-refractivity contribution in [3.63, 3.8) is 0 Å². The van der Waals surface area contributed by atoms with Crippen LogP contribution in [0.5, 0.6) is 0 Å². The zero-order chi connectivity index (χ0) is 15.3. The third kappa shape index (κ3) is 4.09. The molecular formula is C15H17NO4. The van der Waals surface area contributed by atoms with Crippen molar-refractivity contribution < 1.29 is 19.1 Å². The molecule has 1 aromatic rings. The highest BCUT2D eigenvalue weighted by atomic mass is 16.6. The van der Waals surface area contributed by atoms with Crippen LogP contribution >= 0.6 is 0 Å². The van der Waals surface area contributed by atoms with Crippen molar-refractivity contribution in [2.24, 2.45) is 0 Å². The summed E-state index contributed by atoms with van der Waals surface area (Å²) in [6.07, 6.45) is 0. The summed E-state index contributed by atoms with van der Waals surface area (Å²) >= 11 is 0. The van der Waals surface area contributed by atoms with Crippen molar-refractivity contribution in [2.45, 2.75) is 32.3 Å². The molecule has 0 fully saturated rings. The predicted octanol–water partition coefficient (Wildman–Crippen LogP) is 2.42. The molecule has 1 unspecified atom stereocenters. The fourth-order valence-corrected chi connectivity index (χ4v) is 1.53. The van der Waals surface area contributed by atoms with Gasteiger partial charge in [0.05, 0.1) is 18.7 Å². The number of rotatable bonds is 3. The minimum atomic E-state index is -0.993. The SMILES string of the molecule is COC(=O)C(C#N)c1ccc(C(=O)OC(C)(C)C)cc1. The summed E-state index contributed by atoms with van der Waals surface area (Å²) in [6.45, 7) is 5.34. The average molecular weight is 275 g/mol. The Morgan fingerprint density at radius 3 is 2.15 bits per heavy atom. The minimum absolute atomic E-state index is 0.366. The molecule has 5 heteroatoms. The Balaban J connectivity index is 2.92. The Morgan fingerprint density at radius 2 is 1.75 bits per heavy atom. The molecule has 0 heterocycles. The highest BCUT2D eigenvalue weighted by Crippen LogP contribution is 2.19. The quantitative estimate of drug-likeness (QED) is 0.792. The van der Waals surface area contributed by atoms with Crippen LogP contribution in [0.15, 0.2) is 24.3 Å². The van der Waals surface area contributed by atoms with Gasteiger partial charge in [-0.05, 0) is 38.5 Å². The third-order valence-corrected chi connectivity index (χ3v) is 2.44. The first kappa shape index (κ1) is 15.7. The molecule has 1 aromatic carbocycles. The van der Waals surface area contributed by atoms with E-state index in [4.69, 9.17) is 10.00 Å². The maximum Gasteiger partial charge on any atom is 0.338 e. The summed E-state index contributed by atoms with van der Waals surface area (Å²) < 4.78 is 9.77. The Bertz CT molecular complexity index is 534. The Hall–Kier alpha value is -2.35. The molecular weight excluding hydrogens is 258 g/mol. The van der Waals surface area contributed by atoms with Gasteiger partial charge in [-0.25, -0.2) is 4.79 Å². The molecule has 0 saturated heterocycles. The number of benzene rings is 1. The van der Waals surface area contributed by atoms with Crippen LogP contribution in [0, 0.1) is 11.3 Å². The van der Waals surface area contributed by atoms with E-state index < -0.39 is 23.5 Å². The molecule has 0 radical (unpaired) electrons. The lowest BCUT2D eigenvalue weighted by atomic mass is 9.99. The molecule has 1 rings (SSSR count). The van der Waals surface area contributed by atoms with Gasteiger partial charge in [0.2, 0.25) is 0 Å². The van der Waals surface area contributed by atoms with Gasteiger partial charge in [-0.3, -0.25) is 4.79 Å². The highest BCUT2D eigenvalue weighted by molar-refractivity contribution is 5.90. The molecule has 0 saturated carbocycles.